The van der Waals surface area contributed by atoms with Crippen LogP contribution in [0.3, 0.4) is 0 Å². The fourth-order valence-electron chi connectivity index (χ4n) is 1.45. The van der Waals surface area contributed by atoms with E-state index < -0.39 is 4.92 Å². The zero-order valence-electron chi connectivity index (χ0n) is 10.8. The third kappa shape index (κ3) is 5.27. The van der Waals surface area contributed by atoms with Crippen LogP contribution < -0.4 is 10.1 Å². The van der Waals surface area contributed by atoms with Crippen LogP contribution >= 0.6 is 11.6 Å². The highest BCUT2D eigenvalue weighted by Crippen LogP contribution is 2.29. The third-order valence-corrected chi connectivity index (χ3v) is 2.67. The van der Waals surface area contributed by atoms with Crippen molar-refractivity contribution in [3.63, 3.8) is 0 Å². The monoisotopic (exact) mass is 298 g/mol. The van der Waals surface area contributed by atoms with Crippen LogP contribution in [0, 0.1) is 10.1 Å². The summed E-state index contributed by atoms with van der Waals surface area (Å²) in [5.74, 6) is -0.0335. The van der Waals surface area contributed by atoms with Crippen LogP contribution in [0.15, 0.2) is 30.9 Å². The van der Waals surface area contributed by atoms with E-state index in [4.69, 9.17) is 16.3 Å². The lowest BCUT2D eigenvalue weighted by molar-refractivity contribution is -0.385. The highest BCUT2D eigenvalue weighted by molar-refractivity contribution is 6.30. The van der Waals surface area contributed by atoms with Crippen molar-refractivity contribution in [1.29, 1.82) is 0 Å². The first kappa shape index (κ1) is 16.0. The predicted molar refractivity (Wildman–Crippen MR) is 76.0 cm³/mol. The van der Waals surface area contributed by atoms with Crippen molar-refractivity contribution < 1.29 is 14.5 Å². The number of nitro benzene ring substituents is 1. The van der Waals surface area contributed by atoms with E-state index in [2.05, 4.69) is 11.9 Å². The number of benzene rings is 1. The molecule has 0 atom stereocenters. The minimum atomic E-state index is -0.536. The standard InChI is InChI=1S/C13H15ClN2O4/c1-2-13(17)15-7-3-4-8-20-12-6-5-10(14)9-11(12)16(18)19/h2,5-6,9H,1,3-4,7-8H2,(H,15,17). The van der Waals surface area contributed by atoms with Gasteiger partial charge in [-0.1, -0.05) is 18.2 Å². The van der Waals surface area contributed by atoms with E-state index in [1.807, 2.05) is 0 Å². The number of hydrogen-bond acceptors (Lipinski definition) is 4. The normalized spacial score (nSPS) is 9.85. The van der Waals surface area contributed by atoms with Crippen LogP contribution in [-0.2, 0) is 4.79 Å². The number of nitro groups is 1. The lowest BCUT2D eigenvalue weighted by Crippen LogP contribution is -2.22. The highest BCUT2D eigenvalue weighted by Gasteiger charge is 2.15. The fraction of sp³-hybridized carbons (Fsp3) is 0.308. The molecule has 7 heteroatoms. The van der Waals surface area contributed by atoms with E-state index in [0.29, 0.717) is 26.0 Å². The van der Waals surface area contributed by atoms with Crippen molar-refractivity contribution in [1.82, 2.24) is 5.32 Å². The molecule has 1 N–H and O–H groups in total. The molecule has 108 valence electrons. The number of nitrogens with one attached hydrogen (secondary N) is 1. The highest BCUT2D eigenvalue weighted by atomic mass is 35.5. The Bertz CT molecular complexity index is 505. The van der Waals surface area contributed by atoms with Crippen LogP contribution in [0.4, 0.5) is 5.69 Å². The summed E-state index contributed by atoms with van der Waals surface area (Å²) in [5.41, 5.74) is -0.155. The van der Waals surface area contributed by atoms with Gasteiger partial charge in [-0.05, 0) is 31.1 Å². The van der Waals surface area contributed by atoms with Crippen molar-refractivity contribution in [2.45, 2.75) is 12.8 Å². The Morgan fingerprint density at radius 3 is 2.90 bits per heavy atom. The Morgan fingerprint density at radius 2 is 2.25 bits per heavy atom. The summed E-state index contributed by atoms with van der Waals surface area (Å²) < 4.78 is 5.35. The molecule has 0 radical (unpaired) electrons. The van der Waals surface area contributed by atoms with Crippen LogP contribution in [0.2, 0.25) is 5.02 Å². The molecule has 0 heterocycles. The van der Waals surface area contributed by atoms with Gasteiger partial charge in [0.2, 0.25) is 5.91 Å². The molecule has 0 bridgehead atoms. The lowest BCUT2D eigenvalue weighted by Gasteiger charge is -2.07. The van der Waals surface area contributed by atoms with E-state index in [-0.39, 0.29) is 22.4 Å². The Morgan fingerprint density at radius 1 is 1.50 bits per heavy atom. The summed E-state index contributed by atoms with van der Waals surface area (Å²) in [6.07, 6.45) is 2.58. The minimum absolute atomic E-state index is 0.155. The van der Waals surface area contributed by atoms with Crippen molar-refractivity contribution in [3.8, 4) is 5.75 Å². The van der Waals surface area contributed by atoms with Gasteiger partial charge in [0, 0.05) is 17.6 Å². The maximum absolute atomic E-state index is 10.9. The quantitative estimate of drug-likeness (QED) is 0.346. The van der Waals surface area contributed by atoms with Crippen molar-refractivity contribution in [3.05, 3.63) is 46.0 Å². The van der Waals surface area contributed by atoms with Gasteiger partial charge in [0.25, 0.3) is 0 Å². The molecule has 20 heavy (non-hydrogen) atoms. The second-order valence-corrected chi connectivity index (χ2v) is 4.36. The van der Waals surface area contributed by atoms with Gasteiger partial charge in [0.15, 0.2) is 5.75 Å². The number of halogens is 1. The molecule has 0 aliphatic carbocycles. The molecule has 0 saturated carbocycles. The molecular weight excluding hydrogens is 284 g/mol. The van der Waals surface area contributed by atoms with Gasteiger partial charge in [-0.15, -0.1) is 0 Å². The Hall–Kier alpha value is -2.08. The summed E-state index contributed by atoms with van der Waals surface area (Å²) >= 11 is 5.70. The second-order valence-electron chi connectivity index (χ2n) is 3.92. The average molecular weight is 299 g/mol. The zero-order valence-corrected chi connectivity index (χ0v) is 11.6. The first-order chi connectivity index (χ1) is 9.54. The summed E-state index contributed by atoms with van der Waals surface area (Å²) in [5, 5.41) is 13.7. The molecule has 1 rings (SSSR count). The van der Waals surface area contributed by atoms with Crippen LogP contribution in [-0.4, -0.2) is 24.0 Å². The molecule has 1 aromatic rings. The first-order valence-electron chi connectivity index (χ1n) is 6.01. The number of hydrogen-bond donors (Lipinski definition) is 1. The second kappa shape index (κ2) is 8.16. The van der Waals surface area contributed by atoms with Gasteiger partial charge in [-0.25, -0.2) is 0 Å². The number of ether oxygens (including phenoxy) is 1. The molecule has 0 spiro atoms. The van der Waals surface area contributed by atoms with E-state index in [0.717, 1.165) is 0 Å². The van der Waals surface area contributed by atoms with Gasteiger partial charge < -0.3 is 10.1 Å². The van der Waals surface area contributed by atoms with E-state index >= 15 is 0 Å². The number of nitrogens with zero attached hydrogens (tertiary/aromatic N) is 1. The minimum Gasteiger partial charge on any atom is -0.487 e. The Labute approximate surface area is 121 Å². The maximum atomic E-state index is 10.9. The van der Waals surface area contributed by atoms with Gasteiger partial charge in [0.05, 0.1) is 11.5 Å². The van der Waals surface area contributed by atoms with E-state index in [9.17, 15) is 14.9 Å². The molecule has 1 amide bonds. The zero-order chi connectivity index (χ0) is 15.0. The molecule has 0 aromatic heterocycles. The SMILES string of the molecule is C=CC(=O)NCCCCOc1ccc(Cl)cc1[N+](=O)[O-]. The summed E-state index contributed by atoms with van der Waals surface area (Å²) in [4.78, 5) is 21.2. The Kier molecular flexibility index (Phi) is 6.52. The van der Waals surface area contributed by atoms with Crippen LogP contribution in [0.1, 0.15) is 12.8 Å². The lowest BCUT2D eigenvalue weighted by atomic mass is 10.3. The largest absolute Gasteiger partial charge is 0.487 e. The van der Waals surface area contributed by atoms with E-state index in [1.54, 1.807) is 0 Å². The molecule has 0 saturated heterocycles. The molecular formula is C13H15ClN2O4. The summed E-state index contributed by atoms with van der Waals surface area (Å²) in [6.45, 7) is 4.17. The Balaban J connectivity index is 2.37. The van der Waals surface area contributed by atoms with Crippen LogP contribution in [0.25, 0.3) is 0 Å². The molecule has 1 aromatic carbocycles. The fourth-order valence-corrected chi connectivity index (χ4v) is 1.61. The number of carbonyl (C=O) groups excluding carboxylic acids is 1. The molecule has 0 unspecified atom stereocenters. The number of rotatable bonds is 8. The van der Waals surface area contributed by atoms with Crippen molar-refractivity contribution >= 4 is 23.2 Å². The molecule has 0 aliphatic rings. The topological polar surface area (TPSA) is 81.5 Å². The maximum Gasteiger partial charge on any atom is 0.312 e. The van der Waals surface area contributed by atoms with Gasteiger partial charge in [-0.3, -0.25) is 14.9 Å². The van der Waals surface area contributed by atoms with Crippen LogP contribution in [0.5, 0.6) is 5.75 Å². The number of unbranched alkanes of at least 4 members (excludes halogenated alkanes) is 1. The number of amides is 1. The third-order valence-electron chi connectivity index (χ3n) is 2.43. The average Bonchev–Trinajstić information content (AvgIpc) is 2.43. The molecule has 6 nitrogen and oxygen atoms in total. The predicted octanol–water partition coefficient (Wildman–Crippen LogP) is 2.71. The smallest absolute Gasteiger partial charge is 0.312 e. The first-order valence-corrected chi connectivity index (χ1v) is 6.39. The molecule has 0 fully saturated rings. The van der Waals surface area contributed by atoms with Crippen molar-refractivity contribution in [2.75, 3.05) is 13.2 Å². The van der Waals surface area contributed by atoms with Gasteiger partial charge in [0.1, 0.15) is 0 Å². The number of carbonyl (C=O) groups is 1. The van der Waals surface area contributed by atoms with Gasteiger partial charge in [-0.2, -0.15) is 0 Å². The van der Waals surface area contributed by atoms with Gasteiger partial charge >= 0.3 is 5.69 Å². The molecule has 0 aliphatic heterocycles. The summed E-state index contributed by atoms with van der Waals surface area (Å²) in [7, 11) is 0. The van der Waals surface area contributed by atoms with E-state index in [1.165, 1.54) is 24.3 Å². The van der Waals surface area contributed by atoms with Crippen molar-refractivity contribution in [2.24, 2.45) is 0 Å². The summed E-state index contributed by atoms with van der Waals surface area (Å²) in [6, 6.07) is 4.26.